The molecule has 2 N–H and O–H groups in total. The minimum absolute atomic E-state index is 0.0710. The van der Waals surface area contributed by atoms with Gasteiger partial charge in [-0.25, -0.2) is 9.97 Å². The smallest absolute Gasteiger partial charge is 0.270 e. The lowest BCUT2D eigenvalue weighted by molar-refractivity contribution is -0.141. The molecule has 1 atom stereocenters. The Kier molecular flexibility index (Phi) is 4.86. The van der Waals surface area contributed by atoms with Crippen LogP contribution in [-0.4, -0.2) is 60.2 Å². The van der Waals surface area contributed by atoms with Crippen LogP contribution in [0.5, 0.6) is 0 Å². The van der Waals surface area contributed by atoms with Crippen molar-refractivity contribution in [3.8, 4) is 0 Å². The number of hydrogen-bond donors (Lipinski definition) is 2. The summed E-state index contributed by atoms with van der Waals surface area (Å²) in [5.74, 6) is 1.33. The molecule has 3 aliphatic rings. The second-order valence-electron chi connectivity index (χ2n) is 8.20. The number of hydrogen-bond acceptors (Lipinski definition) is 6. The lowest BCUT2D eigenvalue weighted by atomic mass is 10.0. The van der Waals surface area contributed by atoms with Gasteiger partial charge in [0.15, 0.2) is 0 Å². The van der Waals surface area contributed by atoms with Crippen LogP contribution in [-0.2, 0) is 28.8 Å². The molecular weight excluding hydrogens is 382 g/mol. The number of nitrogens with zero attached hydrogens (tertiary/aromatic N) is 3. The van der Waals surface area contributed by atoms with E-state index in [4.69, 9.17) is 9.72 Å². The third-order valence-corrected chi connectivity index (χ3v) is 6.12. The Labute approximate surface area is 175 Å². The first kappa shape index (κ1) is 19.0. The van der Waals surface area contributed by atoms with Crippen LogP contribution in [0, 0.1) is 0 Å². The molecule has 2 fully saturated rings. The lowest BCUT2D eigenvalue weighted by Crippen LogP contribution is -2.54. The molecule has 0 radical (unpaired) electrons. The van der Waals surface area contributed by atoms with Crippen LogP contribution < -0.4 is 15.5 Å². The van der Waals surface area contributed by atoms with Crippen molar-refractivity contribution in [1.82, 2.24) is 20.6 Å². The van der Waals surface area contributed by atoms with Gasteiger partial charge in [-0.1, -0.05) is 30.3 Å². The van der Waals surface area contributed by atoms with Crippen molar-refractivity contribution in [3.05, 3.63) is 53.0 Å². The highest BCUT2D eigenvalue weighted by Crippen LogP contribution is 2.33. The minimum Gasteiger partial charge on any atom is -0.361 e. The van der Waals surface area contributed by atoms with E-state index >= 15 is 0 Å². The predicted octanol–water partition coefficient (Wildman–Crippen LogP) is 0.643. The zero-order chi connectivity index (χ0) is 20.6. The number of aromatic nitrogens is 2. The van der Waals surface area contributed by atoms with E-state index in [0.717, 1.165) is 37.2 Å². The van der Waals surface area contributed by atoms with Gasteiger partial charge in [-0.15, -0.1) is 0 Å². The standard InChI is InChI=1S/C22H25N5O3/c28-18-12-30-22(13-24-18)9-11-27(14-22)20-16-8-10-23-21(29)19(16)25-17(26-20)7-6-15-4-2-1-3-5-15/h1-5H,6-14H2,(H,23,29)(H,24,28). The predicted molar refractivity (Wildman–Crippen MR) is 110 cm³/mol. The Morgan fingerprint density at radius 3 is 2.77 bits per heavy atom. The van der Waals surface area contributed by atoms with Gasteiger partial charge in [0.05, 0.1) is 6.54 Å². The molecule has 2 saturated heterocycles. The van der Waals surface area contributed by atoms with E-state index in [1.807, 2.05) is 18.2 Å². The molecule has 0 saturated carbocycles. The number of nitrogens with one attached hydrogen (secondary N) is 2. The molecule has 156 valence electrons. The molecule has 8 nitrogen and oxygen atoms in total. The zero-order valence-electron chi connectivity index (χ0n) is 16.8. The van der Waals surface area contributed by atoms with E-state index < -0.39 is 0 Å². The molecule has 0 aliphatic carbocycles. The molecular formula is C22H25N5O3. The van der Waals surface area contributed by atoms with E-state index in [9.17, 15) is 9.59 Å². The minimum atomic E-state index is -0.382. The molecule has 1 spiro atoms. The average Bonchev–Trinajstić information content (AvgIpc) is 3.19. The van der Waals surface area contributed by atoms with E-state index in [-0.39, 0.29) is 24.0 Å². The van der Waals surface area contributed by atoms with Gasteiger partial charge >= 0.3 is 0 Å². The van der Waals surface area contributed by atoms with Crippen LogP contribution in [0.4, 0.5) is 5.82 Å². The van der Waals surface area contributed by atoms with Gasteiger partial charge in [0.1, 0.15) is 29.5 Å². The molecule has 1 unspecified atom stereocenters. The molecule has 1 aromatic heterocycles. The van der Waals surface area contributed by atoms with Crippen molar-refractivity contribution in [3.63, 3.8) is 0 Å². The summed E-state index contributed by atoms with van der Waals surface area (Å²) in [6.07, 6.45) is 3.02. The number of morpholine rings is 1. The van der Waals surface area contributed by atoms with Gasteiger partial charge < -0.3 is 20.3 Å². The third kappa shape index (κ3) is 3.63. The highest BCUT2D eigenvalue weighted by molar-refractivity contribution is 5.96. The van der Waals surface area contributed by atoms with Crippen LogP contribution in [0.25, 0.3) is 0 Å². The van der Waals surface area contributed by atoms with Crippen molar-refractivity contribution in [1.29, 1.82) is 0 Å². The van der Waals surface area contributed by atoms with Crippen LogP contribution in [0.1, 0.15) is 33.9 Å². The summed E-state index contributed by atoms with van der Waals surface area (Å²) in [4.78, 5) is 35.7. The second kappa shape index (κ2) is 7.68. The van der Waals surface area contributed by atoms with E-state index in [2.05, 4.69) is 32.7 Å². The van der Waals surface area contributed by atoms with Gasteiger partial charge in [0, 0.05) is 31.6 Å². The van der Waals surface area contributed by atoms with E-state index in [0.29, 0.717) is 37.6 Å². The van der Waals surface area contributed by atoms with Gasteiger partial charge in [0.25, 0.3) is 5.91 Å². The van der Waals surface area contributed by atoms with Crippen molar-refractivity contribution < 1.29 is 14.3 Å². The Morgan fingerprint density at radius 2 is 1.97 bits per heavy atom. The molecule has 3 aliphatic heterocycles. The summed E-state index contributed by atoms with van der Waals surface area (Å²) in [7, 11) is 0. The first-order chi connectivity index (χ1) is 14.6. The van der Waals surface area contributed by atoms with Gasteiger partial charge in [-0.05, 0) is 24.8 Å². The van der Waals surface area contributed by atoms with Crippen molar-refractivity contribution >= 4 is 17.6 Å². The second-order valence-corrected chi connectivity index (χ2v) is 8.20. The number of carbonyl (C=O) groups is 2. The lowest BCUT2D eigenvalue weighted by Gasteiger charge is -2.34. The number of amides is 2. The Hall–Kier alpha value is -3.00. The molecule has 1 aromatic carbocycles. The molecule has 4 heterocycles. The van der Waals surface area contributed by atoms with Gasteiger partial charge in [0.2, 0.25) is 5.91 Å². The van der Waals surface area contributed by atoms with E-state index in [1.54, 1.807) is 0 Å². The van der Waals surface area contributed by atoms with Crippen molar-refractivity contribution in [2.75, 3.05) is 37.7 Å². The molecule has 30 heavy (non-hydrogen) atoms. The number of carbonyl (C=O) groups excluding carboxylic acids is 2. The van der Waals surface area contributed by atoms with Crippen LogP contribution in [0.2, 0.25) is 0 Å². The highest BCUT2D eigenvalue weighted by Gasteiger charge is 2.43. The van der Waals surface area contributed by atoms with Crippen LogP contribution in [0.15, 0.2) is 30.3 Å². The number of aryl methyl sites for hydroxylation is 2. The summed E-state index contributed by atoms with van der Waals surface area (Å²) in [6, 6.07) is 10.2. The fraction of sp³-hybridized carbons (Fsp3) is 0.455. The monoisotopic (exact) mass is 407 g/mol. The molecule has 2 aromatic rings. The number of ether oxygens (including phenoxy) is 1. The molecule has 8 heteroatoms. The van der Waals surface area contributed by atoms with Crippen molar-refractivity contribution in [2.45, 2.75) is 31.3 Å². The molecule has 2 amide bonds. The summed E-state index contributed by atoms with van der Waals surface area (Å²) < 4.78 is 5.91. The first-order valence-corrected chi connectivity index (χ1v) is 10.5. The Balaban J connectivity index is 1.42. The molecule has 0 bridgehead atoms. The number of benzene rings is 1. The maximum atomic E-state index is 12.5. The first-order valence-electron chi connectivity index (χ1n) is 10.5. The van der Waals surface area contributed by atoms with Gasteiger partial charge in [-0.2, -0.15) is 0 Å². The fourth-order valence-corrected chi connectivity index (χ4v) is 4.46. The van der Waals surface area contributed by atoms with Crippen LogP contribution >= 0.6 is 0 Å². The summed E-state index contributed by atoms with van der Waals surface area (Å²) >= 11 is 0. The summed E-state index contributed by atoms with van der Waals surface area (Å²) in [5, 5.41) is 5.82. The fourth-order valence-electron chi connectivity index (χ4n) is 4.46. The zero-order valence-corrected chi connectivity index (χ0v) is 16.8. The maximum Gasteiger partial charge on any atom is 0.270 e. The van der Waals surface area contributed by atoms with Crippen molar-refractivity contribution in [2.24, 2.45) is 0 Å². The quantitative estimate of drug-likeness (QED) is 0.772. The number of anilines is 1. The Morgan fingerprint density at radius 1 is 1.10 bits per heavy atom. The van der Waals surface area contributed by atoms with E-state index in [1.165, 1.54) is 5.56 Å². The number of rotatable bonds is 4. The summed E-state index contributed by atoms with van der Waals surface area (Å²) in [6.45, 7) is 2.63. The normalized spacial score (nSPS) is 23.3. The SMILES string of the molecule is O=C1COC2(CCN(c3nc(CCc4ccccc4)nc4c3CCNC4=O)C2)CN1. The average molecular weight is 407 g/mol. The Bertz CT molecular complexity index is 968. The number of fused-ring (bicyclic) bond motifs is 1. The largest absolute Gasteiger partial charge is 0.361 e. The topological polar surface area (TPSA) is 96.4 Å². The molecule has 5 rings (SSSR count). The maximum absolute atomic E-state index is 12.5. The van der Waals surface area contributed by atoms with Gasteiger partial charge in [-0.3, -0.25) is 9.59 Å². The van der Waals surface area contributed by atoms with Crippen LogP contribution in [0.3, 0.4) is 0 Å². The highest BCUT2D eigenvalue weighted by atomic mass is 16.5. The third-order valence-electron chi connectivity index (χ3n) is 6.12. The summed E-state index contributed by atoms with van der Waals surface area (Å²) in [5.41, 5.74) is 2.25.